The predicted octanol–water partition coefficient (Wildman–Crippen LogP) is 2.02. The fraction of sp³-hybridized carbons (Fsp3) is 0.667. The Morgan fingerprint density at radius 3 is 2.51 bits per heavy atom. The molecule has 4 aliphatic rings. The molecule has 2 N–H and O–H groups in total. The van der Waals surface area contributed by atoms with Gasteiger partial charge in [-0.25, -0.2) is 0 Å². The summed E-state index contributed by atoms with van der Waals surface area (Å²) in [5, 5.41) is 0. The number of carbonyl (C=O) groups is 3. The van der Waals surface area contributed by atoms with Crippen molar-refractivity contribution in [2.45, 2.75) is 57.6 Å². The van der Waals surface area contributed by atoms with Crippen LogP contribution in [0.1, 0.15) is 61.4 Å². The number of Topliss-reactive ketones (excluding diaryl/α,β-unsaturated/α-hetero) is 1. The van der Waals surface area contributed by atoms with Crippen LogP contribution in [0.25, 0.3) is 0 Å². The molecule has 4 atom stereocenters. The molecule has 3 saturated heterocycles. The third kappa shape index (κ3) is 4.47. The number of nitrogens with two attached hydrogens (primary N) is 1. The van der Waals surface area contributed by atoms with Crippen molar-refractivity contribution in [2.24, 2.45) is 17.6 Å². The maximum atomic E-state index is 14.3. The van der Waals surface area contributed by atoms with Crippen LogP contribution in [0.15, 0.2) is 18.2 Å². The lowest BCUT2D eigenvalue weighted by Gasteiger charge is -2.36. The van der Waals surface area contributed by atoms with E-state index in [9.17, 15) is 14.4 Å². The summed E-state index contributed by atoms with van der Waals surface area (Å²) in [5.74, 6) is -0.806. The minimum absolute atomic E-state index is 0.0180. The third-order valence-electron chi connectivity index (χ3n) is 8.68. The van der Waals surface area contributed by atoms with Crippen molar-refractivity contribution >= 4 is 23.3 Å². The summed E-state index contributed by atoms with van der Waals surface area (Å²) in [6, 6.07) is 5.29. The van der Waals surface area contributed by atoms with Gasteiger partial charge in [0, 0.05) is 49.9 Å². The van der Waals surface area contributed by atoms with Gasteiger partial charge in [-0.2, -0.15) is 0 Å². The molecule has 2 amide bonds. The van der Waals surface area contributed by atoms with Crippen LogP contribution in [-0.4, -0.2) is 85.4 Å². The van der Waals surface area contributed by atoms with Crippen molar-refractivity contribution in [3.63, 3.8) is 0 Å². The number of fused-ring (bicyclic) bond motifs is 1. The first kappa shape index (κ1) is 24.3. The van der Waals surface area contributed by atoms with E-state index >= 15 is 0 Å². The Bertz CT molecular complexity index is 983. The molecule has 1 aromatic carbocycles. The van der Waals surface area contributed by atoms with Crippen LogP contribution in [-0.2, 0) is 14.3 Å². The van der Waals surface area contributed by atoms with Crippen molar-refractivity contribution in [1.82, 2.24) is 9.80 Å². The van der Waals surface area contributed by atoms with Gasteiger partial charge in [-0.05, 0) is 49.1 Å². The van der Waals surface area contributed by atoms with Gasteiger partial charge in [-0.1, -0.05) is 26.7 Å². The van der Waals surface area contributed by atoms with Gasteiger partial charge in [0.15, 0.2) is 5.78 Å². The molecule has 1 aliphatic carbocycles. The fourth-order valence-electron chi connectivity index (χ4n) is 6.73. The summed E-state index contributed by atoms with van der Waals surface area (Å²) in [6.45, 7) is 9.63. The van der Waals surface area contributed by atoms with Crippen molar-refractivity contribution in [3.05, 3.63) is 29.3 Å². The van der Waals surface area contributed by atoms with E-state index in [1.54, 1.807) is 11.0 Å². The molecule has 1 saturated carbocycles. The zero-order valence-corrected chi connectivity index (χ0v) is 20.9. The molecule has 8 nitrogen and oxygen atoms in total. The minimum atomic E-state index is -0.510. The molecule has 0 unspecified atom stereocenters. The average Bonchev–Trinajstić information content (AvgIpc) is 3.59. The SMILES string of the molecule is CCN1CCN(c2ccc(C(N)=O)c([C@@H](C(=O)N3C[C@H](C)[C@H]4OCC(=O)[C@H]43)C3CCCC3)c2)CC1. The monoisotopic (exact) mass is 482 g/mol. The van der Waals surface area contributed by atoms with Crippen LogP contribution < -0.4 is 10.6 Å². The first-order chi connectivity index (χ1) is 16.9. The van der Waals surface area contributed by atoms with E-state index in [0.717, 1.165) is 69.7 Å². The van der Waals surface area contributed by atoms with Gasteiger partial charge in [0.05, 0.1) is 12.0 Å². The lowest BCUT2D eigenvalue weighted by atomic mass is 9.80. The number of carbonyl (C=O) groups excluding carboxylic acids is 3. The Hall–Kier alpha value is -2.45. The number of hydrogen-bond acceptors (Lipinski definition) is 6. The Kier molecular flexibility index (Phi) is 6.86. The first-order valence-electron chi connectivity index (χ1n) is 13.2. The molecule has 0 bridgehead atoms. The van der Waals surface area contributed by atoms with Crippen LogP contribution in [0.3, 0.4) is 0 Å². The van der Waals surface area contributed by atoms with Gasteiger partial charge in [0.1, 0.15) is 12.6 Å². The lowest BCUT2D eigenvalue weighted by Crippen LogP contribution is -2.46. The smallest absolute Gasteiger partial charge is 0.249 e. The number of amides is 2. The predicted molar refractivity (Wildman–Crippen MR) is 133 cm³/mol. The molecule has 35 heavy (non-hydrogen) atoms. The quantitative estimate of drug-likeness (QED) is 0.667. The van der Waals surface area contributed by atoms with E-state index < -0.39 is 17.9 Å². The first-order valence-corrected chi connectivity index (χ1v) is 13.2. The van der Waals surface area contributed by atoms with Gasteiger partial charge in [-0.15, -0.1) is 0 Å². The van der Waals surface area contributed by atoms with Crippen LogP contribution in [0.5, 0.6) is 0 Å². The second kappa shape index (κ2) is 9.90. The highest BCUT2D eigenvalue weighted by Crippen LogP contribution is 2.43. The molecule has 0 aromatic heterocycles. The van der Waals surface area contributed by atoms with E-state index in [1.807, 2.05) is 19.1 Å². The third-order valence-corrected chi connectivity index (χ3v) is 8.68. The molecule has 4 fully saturated rings. The molecule has 0 radical (unpaired) electrons. The van der Waals surface area contributed by atoms with Gasteiger partial charge in [0.2, 0.25) is 11.8 Å². The molecule has 5 rings (SSSR count). The number of primary amides is 1. The van der Waals surface area contributed by atoms with E-state index in [-0.39, 0.29) is 36.2 Å². The molecule has 190 valence electrons. The zero-order chi connectivity index (χ0) is 24.7. The number of nitrogens with zero attached hydrogens (tertiary/aromatic N) is 3. The zero-order valence-electron chi connectivity index (χ0n) is 20.9. The van der Waals surface area contributed by atoms with Crippen molar-refractivity contribution in [3.8, 4) is 0 Å². The number of rotatable bonds is 6. The van der Waals surface area contributed by atoms with Crippen LogP contribution in [0, 0.1) is 11.8 Å². The highest BCUT2D eigenvalue weighted by atomic mass is 16.5. The van der Waals surface area contributed by atoms with Gasteiger partial charge in [0.25, 0.3) is 0 Å². The topological polar surface area (TPSA) is 96.2 Å². The van der Waals surface area contributed by atoms with Crippen LogP contribution >= 0.6 is 0 Å². The van der Waals surface area contributed by atoms with Gasteiger partial charge < -0.3 is 25.2 Å². The summed E-state index contributed by atoms with van der Waals surface area (Å²) in [5.41, 5.74) is 8.02. The van der Waals surface area contributed by atoms with Crippen LogP contribution in [0.4, 0.5) is 5.69 Å². The number of hydrogen-bond donors (Lipinski definition) is 1. The number of likely N-dealkylation sites (N-methyl/N-ethyl adjacent to an activating group) is 1. The second-order valence-electron chi connectivity index (χ2n) is 10.7. The number of likely N-dealkylation sites (tertiary alicyclic amines) is 1. The summed E-state index contributed by atoms with van der Waals surface area (Å²) in [4.78, 5) is 46.0. The lowest BCUT2D eigenvalue weighted by molar-refractivity contribution is -0.138. The molecular formula is C27H38N4O4. The normalized spacial score (nSPS) is 28.5. The second-order valence-corrected chi connectivity index (χ2v) is 10.7. The average molecular weight is 483 g/mol. The molecule has 3 heterocycles. The maximum Gasteiger partial charge on any atom is 0.249 e. The standard InChI is InChI=1S/C27H38N4O4/c1-3-29-10-12-30(13-11-29)19-8-9-20(26(28)33)21(14-19)23(18-6-4-5-7-18)27(34)31-15-17(2)25-24(31)22(32)16-35-25/h8-9,14,17-18,23-25H,3-7,10-13,15-16H2,1-2H3,(H2,28,33)/t17-,23-,24+,25+/m0/s1. The van der Waals surface area contributed by atoms with Crippen LogP contribution in [0.2, 0.25) is 0 Å². The number of piperazine rings is 1. The summed E-state index contributed by atoms with van der Waals surface area (Å²) in [7, 11) is 0. The largest absolute Gasteiger partial charge is 0.369 e. The number of anilines is 1. The number of ether oxygens (including phenoxy) is 1. The molecule has 8 heteroatoms. The highest BCUT2D eigenvalue weighted by Gasteiger charge is 2.52. The van der Waals surface area contributed by atoms with Crippen molar-refractivity contribution in [2.75, 3.05) is 50.8 Å². The maximum absolute atomic E-state index is 14.3. The minimum Gasteiger partial charge on any atom is -0.369 e. The Balaban J connectivity index is 1.52. The van der Waals surface area contributed by atoms with Gasteiger partial charge in [-0.3, -0.25) is 14.4 Å². The number of benzene rings is 1. The van der Waals surface area contributed by atoms with E-state index in [0.29, 0.717) is 12.1 Å². The molecular weight excluding hydrogens is 444 g/mol. The highest BCUT2D eigenvalue weighted by molar-refractivity contribution is 5.99. The number of ketones is 1. The van der Waals surface area contributed by atoms with Crippen molar-refractivity contribution < 1.29 is 19.1 Å². The Labute approximate surface area is 207 Å². The molecule has 1 aromatic rings. The summed E-state index contributed by atoms with van der Waals surface area (Å²) in [6.07, 6.45) is 3.80. The Morgan fingerprint density at radius 1 is 1.14 bits per heavy atom. The summed E-state index contributed by atoms with van der Waals surface area (Å²) < 4.78 is 5.74. The van der Waals surface area contributed by atoms with E-state index in [1.165, 1.54) is 0 Å². The fourth-order valence-corrected chi connectivity index (χ4v) is 6.73. The van der Waals surface area contributed by atoms with Crippen molar-refractivity contribution in [1.29, 1.82) is 0 Å². The Morgan fingerprint density at radius 2 is 1.86 bits per heavy atom. The van der Waals surface area contributed by atoms with Gasteiger partial charge >= 0.3 is 0 Å². The van der Waals surface area contributed by atoms with E-state index in [4.69, 9.17) is 10.5 Å². The summed E-state index contributed by atoms with van der Waals surface area (Å²) >= 11 is 0. The van der Waals surface area contributed by atoms with E-state index in [2.05, 4.69) is 16.7 Å². The molecule has 3 aliphatic heterocycles. The molecule has 0 spiro atoms.